The predicted octanol–water partition coefficient (Wildman–Crippen LogP) is 9.50. The van der Waals surface area contributed by atoms with E-state index in [-0.39, 0.29) is 0 Å². The minimum absolute atomic E-state index is 0.617. The molecule has 0 unspecified atom stereocenters. The van der Waals surface area contributed by atoms with Crippen molar-refractivity contribution in [3.63, 3.8) is 0 Å². The number of para-hydroxylation sites is 1. The van der Waals surface area contributed by atoms with Gasteiger partial charge in [-0.1, -0.05) is 103 Å². The van der Waals surface area contributed by atoms with Crippen LogP contribution < -0.4 is 0 Å². The summed E-state index contributed by atoms with van der Waals surface area (Å²) in [5, 5.41) is 4.57. The van der Waals surface area contributed by atoms with E-state index in [1.54, 1.807) is 0 Å². The minimum atomic E-state index is 0.617. The van der Waals surface area contributed by atoms with Gasteiger partial charge in [0.05, 0.1) is 0 Å². The van der Waals surface area contributed by atoms with Gasteiger partial charge in [-0.15, -0.1) is 0 Å². The highest BCUT2D eigenvalue weighted by molar-refractivity contribution is 6.06. The van der Waals surface area contributed by atoms with Crippen molar-refractivity contribution in [1.29, 1.82) is 0 Å². The number of aromatic nitrogens is 3. The van der Waals surface area contributed by atoms with Crippen molar-refractivity contribution in [3.05, 3.63) is 139 Å². The average molecular weight is 538 g/mol. The smallest absolute Gasteiger partial charge is 0.164 e. The average Bonchev–Trinajstić information content (AvgIpc) is 3.63. The molecule has 0 bridgehead atoms. The summed E-state index contributed by atoms with van der Waals surface area (Å²) >= 11 is 0. The number of hydrogen-bond acceptors (Lipinski definition) is 4. The zero-order valence-electron chi connectivity index (χ0n) is 22.6. The SMILES string of the molecule is c1ccc(-c2nc(-c3ccc4c(c3)oc3ccccc34)nc(-c3cc4c(c5ccccc35)Cc3ccccc3-4)n2)cc1. The molecule has 0 saturated carbocycles. The van der Waals surface area contributed by atoms with Crippen molar-refractivity contribution >= 4 is 32.7 Å². The van der Waals surface area contributed by atoms with Crippen molar-refractivity contribution in [1.82, 2.24) is 15.0 Å². The molecule has 2 aromatic heterocycles. The fraction of sp³-hybridized carbons (Fsp3) is 0.0263. The predicted molar refractivity (Wildman–Crippen MR) is 169 cm³/mol. The van der Waals surface area contributed by atoms with Crippen molar-refractivity contribution in [3.8, 4) is 45.3 Å². The molecular formula is C38H23N3O. The topological polar surface area (TPSA) is 51.8 Å². The Hall–Kier alpha value is -5.61. The van der Waals surface area contributed by atoms with E-state index in [1.165, 1.54) is 27.6 Å². The summed E-state index contributed by atoms with van der Waals surface area (Å²) in [6.07, 6.45) is 0.932. The summed E-state index contributed by atoms with van der Waals surface area (Å²) in [6.45, 7) is 0. The van der Waals surface area contributed by atoms with Gasteiger partial charge in [-0.2, -0.15) is 0 Å². The first-order valence-corrected chi connectivity index (χ1v) is 14.2. The molecule has 8 aromatic rings. The molecule has 0 spiro atoms. The third kappa shape index (κ3) is 3.52. The number of nitrogens with zero attached hydrogens (tertiary/aromatic N) is 3. The van der Waals surface area contributed by atoms with Crippen LogP contribution in [0.1, 0.15) is 11.1 Å². The molecular weight excluding hydrogens is 514 g/mol. The summed E-state index contributed by atoms with van der Waals surface area (Å²) in [6, 6.07) is 44.0. The summed E-state index contributed by atoms with van der Waals surface area (Å²) in [5.41, 5.74) is 9.79. The standard InChI is InChI=1S/C38H23N3O/c1-2-10-23(11-3-1)36-39-37(25-18-19-30-29-16-8-9-17-34(29)42-35(30)21-25)41-38(40-36)33-22-32-26-13-5-4-12-24(26)20-31(32)27-14-6-7-15-28(27)33/h1-19,21-22H,20H2. The fourth-order valence-corrected chi connectivity index (χ4v) is 6.39. The van der Waals surface area contributed by atoms with Gasteiger partial charge >= 0.3 is 0 Å². The monoisotopic (exact) mass is 537 g/mol. The van der Waals surface area contributed by atoms with E-state index in [1.807, 2.05) is 54.6 Å². The summed E-state index contributed by atoms with van der Waals surface area (Å²) in [4.78, 5) is 15.2. The van der Waals surface area contributed by atoms with Gasteiger partial charge in [0.25, 0.3) is 0 Å². The van der Waals surface area contributed by atoms with Gasteiger partial charge in [0.2, 0.25) is 0 Å². The Labute approximate surface area is 242 Å². The van der Waals surface area contributed by atoms with E-state index in [4.69, 9.17) is 19.4 Å². The van der Waals surface area contributed by atoms with Gasteiger partial charge in [-0.05, 0) is 63.7 Å². The summed E-state index contributed by atoms with van der Waals surface area (Å²) < 4.78 is 6.21. The second-order valence-electron chi connectivity index (χ2n) is 10.8. The van der Waals surface area contributed by atoms with E-state index in [0.717, 1.165) is 50.4 Å². The lowest BCUT2D eigenvalue weighted by Gasteiger charge is -2.13. The van der Waals surface area contributed by atoms with E-state index >= 15 is 0 Å². The Bertz CT molecular complexity index is 2340. The molecule has 4 nitrogen and oxygen atoms in total. The highest BCUT2D eigenvalue weighted by Gasteiger charge is 2.24. The second kappa shape index (κ2) is 8.95. The van der Waals surface area contributed by atoms with Gasteiger partial charge in [-0.25, -0.2) is 15.0 Å². The first-order chi connectivity index (χ1) is 20.8. The lowest BCUT2D eigenvalue weighted by Crippen LogP contribution is -2.01. The summed E-state index contributed by atoms with van der Waals surface area (Å²) in [5.74, 6) is 1.92. The largest absolute Gasteiger partial charge is 0.456 e. The molecule has 0 amide bonds. The maximum absolute atomic E-state index is 6.21. The molecule has 4 heteroatoms. The Morgan fingerprint density at radius 1 is 0.429 bits per heavy atom. The number of benzene rings is 6. The molecule has 42 heavy (non-hydrogen) atoms. The van der Waals surface area contributed by atoms with Crippen LogP contribution >= 0.6 is 0 Å². The lowest BCUT2D eigenvalue weighted by atomic mass is 9.94. The highest BCUT2D eigenvalue weighted by Crippen LogP contribution is 2.44. The second-order valence-corrected chi connectivity index (χ2v) is 10.8. The van der Waals surface area contributed by atoms with Crippen LogP contribution in [0.25, 0.3) is 78.0 Å². The van der Waals surface area contributed by atoms with Gasteiger partial charge < -0.3 is 4.42 Å². The lowest BCUT2D eigenvalue weighted by molar-refractivity contribution is 0.669. The van der Waals surface area contributed by atoms with Crippen LogP contribution in [0, 0.1) is 0 Å². The van der Waals surface area contributed by atoms with Crippen molar-refractivity contribution in [2.75, 3.05) is 0 Å². The van der Waals surface area contributed by atoms with Crippen molar-refractivity contribution < 1.29 is 4.42 Å². The van der Waals surface area contributed by atoms with Crippen LogP contribution in [0.15, 0.2) is 132 Å². The molecule has 1 aliphatic rings. The van der Waals surface area contributed by atoms with Crippen LogP contribution in [0.4, 0.5) is 0 Å². The Kier molecular flexibility index (Phi) is 4.93. The molecule has 1 aliphatic carbocycles. The third-order valence-electron chi connectivity index (χ3n) is 8.38. The highest BCUT2D eigenvalue weighted by atomic mass is 16.3. The molecule has 6 aromatic carbocycles. The number of hydrogen-bond donors (Lipinski definition) is 0. The summed E-state index contributed by atoms with van der Waals surface area (Å²) in [7, 11) is 0. The molecule has 0 saturated heterocycles. The van der Waals surface area contributed by atoms with E-state index < -0.39 is 0 Å². The Morgan fingerprint density at radius 3 is 1.98 bits per heavy atom. The number of furan rings is 1. The fourth-order valence-electron chi connectivity index (χ4n) is 6.39. The Balaban J connectivity index is 1.30. The molecule has 0 N–H and O–H groups in total. The van der Waals surface area contributed by atoms with Crippen molar-refractivity contribution in [2.45, 2.75) is 6.42 Å². The van der Waals surface area contributed by atoms with Crippen LogP contribution in [-0.4, -0.2) is 15.0 Å². The quantitative estimate of drug-likeness (QED) is 0.225. The zero-order valence-corrected chi connectivity index (χ0v) is 22.6. The molecule has 0 atom stereocenters. The van der Waals surface area contributed by atoms with Crippen LogP contribution in [0.2, 0.25) is 0 Å². The molecule has 196 valence electrons. The van der Waals surface area contributed by atoms with E-state index in [2.05, 4.69) is 72.8 Å². The molecule has 2 heterocycles. The van der Waals surface area contributed by atoms with E-state index in [9.17, 15) is 0 Å². The van der Waals surface area contributed by atoms with Crippen LogP contribution in [0.5, 0.6) is 0 Å². The zero-order chi connectivity index (χ0) is 27.6. The van der Waals surface area contributed by atoms with Crippen LogP contribution in [0.3, 0.4) is 0 Å². The van der Waals surface area contributed by atoms with Gasteiger partial charge in [0.15, 0.2) is 17.5 Å². The molecule has 0 fully saturated rings. The van der Waals surface area contributed by atoms with Gasteiger partial charge in [-0.3, -0.25) is 0 Å². The maximum atomic E-state index is 6.21. The van der Waals surface area contributed by atoms with Gasteiger partial charge in [0, 0.05) is 27.5 Å². The minimum Gasteiger partial charge on any atom is -0.456 e. The van der Waals surface area contributed by atoms with Crippen LogP contribution in [-0.2, 0) is 6.42 Å². The third-order valence-corrected chi connectivity index (χ3v) is 8.38. The molecule has 0 radical (unpaired) electrons. The number of rotatable bonds is 3. The van der Waals surface area contributed by atoms with Crippen molar-refractivity contribution in [2.24, 2.45) is 0 Å². The van der Waals surface area contributed by atoms with Gasteiger partial charge in [0.1, 0.15) is 11.2 Å². The Morgan fingerprint density at radius 2 is 1.10 bits per heavy atom. The first kappa shape index (κ1) is 23.1. The normalized spacial score (nSPS) is 12.2. The van der Waals surface area contributed by atoms with E-state index in [0.29, 0.717) is 17.5 Å². The first-order valence-electron chi connectivity index (χ1n) is 14.2. The molecule has 0 aliphatic heterocycles. The maximum Gasteiger partial charge on any atom is 0.164 e. The number of fused-ring (bicyclic) bond motifs is 8. The molecule has 9 rings (SSSR count).